The Morgan fingerprint density at radius 2 is 2.00 bits per heavy atom. The van der Waals surface area contributed by atoms with Gasteiger partial charge in [-0.1, -0.05) is 37.3 Å². The molecule has 0 aliphatic rings. The Morgan fingerprint density at radius 3 is 2.72 bits per heavy atom. The van der Waals surface area contributed by atoms with Crippen LogP contribution in [0.2, 0.25) is 0 Å². The summed E-state index contributed by atoms with van der Waals surface area (Å²) in [7, 11) is 1.67. The number of hydrogen-bond donors (Lipinski definition) is 2. The first-order valence-corrected chi connectivity index (χ1v) is 8.69. The topological polar surface area (TPSA) is 54.1 Å². The smallest absolute Gasteiger partial charge is 0.227 e. The quantitative estimate of drug-likeness (QED) is 0.684. The normalized spacial score (nSPS) is 12.1. The van der Waals surface area contributed by atoms with E-state index in [0.29, 0.717) is 6.54 Å². The summed E-state index contributed by atoms with van der Waals surface area (Å²) in [5, 5.41) is 4.22. The van der Waals surface area contributed by atoms with E-state index >= 15 is 0 Å². The highest BCUT2D eigenvalue weighted by Gasteiger charge is 2.17. The van der Waals surface area contributed by atoms with Crippen LogP contribution in [0.1, 0.15) is 30.4 Å². The van der Waals surface area contributed by atoms with Crippen molar-refractivity contribution in [3.63, 3.8) is 0 Å². The number of hydrogen-bond acceptors (Lipinski definition) is 2. The van der Waals surface area contributed by atoms with E-state index in [1.165, 1.54) is 5.56 Å². The first-order valence-electron chi connectivity index (χ1n) is 8.69. The molecule has 4 nitrogen and oxygen atoms in total. The maximum Gasteiger partial charge on any atom is 0.227 e. The highest BCUT2D eigenvalue weighted by molar-refractivity contribution is 5.85. The van der Waals surface area contributed by atoms with Crippen LogP contribution < -0.4 is 10.1 Å². The van der Waals surface area contributed by atoms with Crippen molar-refractivity contribution < 1.29 is 9.53 Å². The molecule has 1 atom stereocenters. The molecule has 0 spiro atoms. The number of carbonyl (C=O) groups excluding carboxylic acids is 1. The fourth-order valence-electron chi connectivity index (χ4n) is 3.19. The van der Waals surface area contributed by atoms with E-state index in [-0.39, 0.29) is 11.8 Å². The second-order valence-electron chi connectivity index (χ2n) is 6.14. The maximum absolute atomic E-state index is 12.5. The highest BCUT2D eigenvalue weighted by atomic mass is 16.5. The predicted octanol–water partition coefficient (Wildman–Crippen LogP) is 4.03. The Morgan fingerprint density at radius 1 is 1.20 bits per heavy atom. The van der Waals surface area contributed by atoms with Crippen molar-refractivity contribution in [2.45, 2.75) is 25.7 Å². The van der Waals surface area contributed by atoms with Gasteiger partial charge in [0.05, 0.1) is 13.0 Å². The van der Waals surface area contributed by atoms with E-state index in [1.807, 2.05) is 61.7 Å². The maximum atomic E-state index is 12.5. The van der Waals surface area contributed by atoms with E-state index in [9.17, 15) is 4.79 Å². The molecule has 4 heteroatoms. The number of fused-ring (bicyclic) bond motifs is 1. The van der Waals surface area contributed by atoms with Crippen LogP contribution in [-0.2, 0) is 11.2 Å². The van der Waals surface area contributed by atoms with Gasteiger partial charge < -0.3 is 15.0 Å². The van der Waals surface area contributed by atoms with Crippen molar-refractivity contribution in [3.05, 3.63) is 65.9 Å². The van der Waals surface area contributed by atoms with Crippen LogP contribution in [0.4, 0.5) is 0 Å². The van der Waals surface area contributed by atoms with E-state index in [2.05, 4.69) is 10.3 Å². The largest absolute Gasteiger partial charge is 0.497 e. The lowest BCUT2D eigenvalue weighted by molar-refractivity contribution is -0.122. The van der Waals surface area contributed by atoms with Gasteiger partial charge in [-0.25, -0.2) is 0 Å². The third-order valence-electron chi connectivity index (χ3n) is 4.59. The monoisotopic (exact) mass is 336 g/mol. The average molecular weight is 336 g/mol. The molecule has 3 aromatic rings. The summed E-state index contributed by atoms with van der Waals surface area (Å²) in [5.74, 6) is 0.836. The van der Waals surface area contributed by atoms with Crippen LogP contribution in [0.25, 0.3) is 10.9 Å². The van der Waals surface area contributed by atoms with Gasteiger partial charge in [-0.2, -0.15) is 0 Å². The Balaban J connectivity index is 1.63. The standard InChI is InChI=1S/C21H24N2O2/c1-3-18(15-7-5-4-6-8-15)21(24)22-12-11-16-14-23-20-10-9-17(25-2)13-19(16)20/h4-10,13-14,18,23H,3,11-12H2,1-2H3,(H,22,24). The molecule has 0 aliphatic carbocycles. The fourth-order valence-corrected chi connectivity index (χ4v) is 3.19. The third kappa shape index (κ3) is 3.85. The molecule has 2 aromatic carbocycles. The average Bonchev–Trinajstić information content (AvgIpc) is 3.05. The number of aromatic amines is 1. The molecule has 1 unspecified atom stereocenters. The van der Waals surface area contributed by atoms with E-state index < -0.39 is 0 Å². The third-order valence-corrected chi connectivity index (χ3v) is 4.59. The molecule has 1 heterocycles. The predicted molar refractivity (Wildman–Crippen MR) is 101 cm³/mol. The first kappa shape index (κ1) is 17.1. The summed E-state index contributed by atoms with van der Waals surface area (Å²) >= 11 is 0. The Hall–Kier alpha value is -2.75. The first-order chi connectivity index (χ1) is 12.2. The summed E-state index contributed by atoms with van der Waals surface area (Å²) < 4.78 is 5.30. The number of benzene rings is 2. The number of carbonyl (C=O) groups is 1. The number of aromatic nitrogens is 1. The zero-order valence-electron chi connectivity index (χ0n) is 14.7. The highest BCUT2D eigenvalue weighted by Crippen LogP contribution is 2.24. The lowest BCUT2D eigenvalue weighted by atomic mass is 9.95. The molecule has 0 aliphatic heterocycles. The van der Waals surface area contributed by atoms with Crippen LogP contribution >= 0.6 is 0 Å². The van der Waals surface area contributed by atoms with Gasteiger partial charge in [0.15, 0.2) is 0 Å². The lowest BCUT2D eigenvalue weighted by Gasteiger charge is -2.15. The second kappa shape index (κ2) is 7.88. The van der Waals surface area contributed by atoms with Crippen LogP contribution in [0.3, 0.4) is 0 Å². The van der Waals surface area contributed by atoms with Gasteiger partial charge in [-0.15, -0.1) is 0 Å². The summed E-state index contributed by atoms with van der Waals surface area (Å²) in [6, 6.07) is 15.9. The summed E-state index contributed by atoms with van der Waals surface area (Å²) in [5.41, 5.74) is 3.33. The van der Waals surface area contributed by atoms with Gasteiger partial charge in [-0.3, -0.25) is 4.79 Å². The zero-order chi connectivity index (χ0) is 17.6. The number of rotatable bonds is 7. The Kier molecular flexibility index (Phi) is 5.39. The zero-order valence-corrected chi connectivity index (χ0v) is 14.7. The molecule has 130 valence electrons. The van der Waals surface area contributed by atoms with Crippen molar-refractivity contribution >= 4 is 16.8 Å². The molecule has 0 bridgehead atoms. The summed E-state index contributed by atoms with van der Waals surface area (Å²) in [6.45, 7) is 2.66. The van der Waals surface area contributed by atoms with Crippen LogP contribution in [-0.4, -0.2) is 24.5 Å². The minimum atomic E-state index is -0.0933. The molecule has 1 amide bonds. The molecule has 0 saturated heterocycles. The van der Waals surface area contributed by atoms with Gasteiger partial charge in [-0.05, 0) is 42.2 Å². The van der Waals surface area contributed by atoms with E-state index in [4.69, 9.17) is 4.74 Å². The number of H-pyrrole nitrogens is 1. The molecule has 0 fully saturated rings. The van der Waals surface area contributed by atoms with Crippen molar-refractivity contribution in [3.8, 4) is 5.75 Å². The van der Waals surface area contributed by atoms with Gasteiger partial charge in [0, 0.05) is 23.6 Å². The number of ether oxygens (including phenoxy) is 1. The van der Waals surface area contributed by atoms with Crippen LogP contribution in [0.5, 0.6) is 5.75 Å². The van der Waals surface area contributed by atoms with E-state index in [0.717, 1.165) is 35.1 Å². The second-order valence-corrected chi connectivity index (χ2v) is 6.14. The number of nitrogens with one attached hydrogen (secondary N) is 2. The van der Waals surface area contributed by atoms with Crippen molar-refractivity contribution in [2.24, 2.45) is 0 Å². The molecule has 3 rings (SSSR count). The molecule has 2 N–H and O–H groups in total. The fraction of sp³-hybridized carbons (Fsp3) is 0.286. The van der Waals surface area contributed by atoms with Crippen LogP contribution in [0.15, 0.2) is 54.7 Å². The molecular formula is C21H24N2O2. The lowest BCUT2D eigenvalue weighted by Crippen LogP contribution is -2.30. The Bertz CT molecular complexity index is 839. The van der Waals surface area contributed by atoms with Gasteiger partial charge in [0.25, 0.3) is 0 Å². The molecule has 1 aromatic heterocycles. The van der Waals surface area contributed by atoms with Crippen molar-refractivity contribution in [1.82, 2.24) is 10.3 Å². The minimum Gasteiger partial charge on any atom is -0.497 e. The van der Waals surface area contributed by atoms with Crippen LogP contribution in [0, 0.1) is 0 Å². The van der Waals surface area contributed by atoms with E-state index in [1.54, 1.807) is 7.11 Å². The molecule has 25 heavy (non-hydrogen) atoms. The molecule has 0 radical (unpaired) electrons. The molecular weight excluding hydrogens is 312 g/mol. The van der Waals surface area contributed by atoms with Gasteiger partial charge >= 0.3 is 0 Å². The number of amides is 1. The molecule has 0 saturated carbocycles. The SMILES string of the molecule is CCC(C(=O)NCCc1c[nH]c2ccc(OC)cc12)c1ccccc1. The van der Waals surface area contributed by atoms with Gasteiger partial charge in [0.2, 0.25) is 5.91 Å². The van der Waals surface area contributed by atoms with Crippen molar-refractivity contribution in [2.75, 3.05) is 13.7 Å². The minimum absolute atomic E-state index is 0.0890. The summed E-state index contributed by atoms with van der Waals surface area (Å²) in [4.78, 5) is 15.8. The summed E-state index contributed by atoms with van der Waals surface area (Å²) in [6.07, 6.45) is 3.58. The van der Waals surface area contributed by atoms with Crippen molar-refractivity contribution in [1.29, 1.82) is 0 Å². The number of methoxy groups -OCH3 is 1. The van der Waals surface area contributed by atoms with Gasteiger partial charge in [0.1, 0.15) is 5.75 Å². The Labute approximate surface area is 148 Å².